The number of rotatable bonds is 2. The van der Waals surface area contributed by atoms with Crippen LogP contribution in [-0.4, -0.2) is 15.8 Å². The minimum atomic E-state index is -0.795. The molecule has 1 aromatic carbocycles. The van der Waals surface area contributed by atoms with Crippen molar-refractivity contribution < 1.29 is 14.6 Å². The molecule has 3 nitrogen and oxygen atoms in total. The van der Waals surface area contributed by atoms with Crippen LogP contribution in [0.25, 0.3) is 0 Å². The molecule has 0 aliphatic heterocycles. The highest BCUT2D eigenvalue weighted by Crippen LogP contribution is 2.34. The van der Waals surface area contributed by atoms with Crippen LogP contribution in [0, 0.1) is 12.7 Å². The molecule has 0 heterocycles. The summed E-state index contributed by atoms with van der Waals surface area (Å²) in [5, 5.41) is 18.6. The second-order valence-corrected chi connectivity index (χ2v) is 4.53. The first kappa shape index (κ1) is 11.8. The van der Waals surface area contributed by atoms with Gasteiger partial charge in [0.2, 0.25) is 0 Å². The molecule has 0 aliphatic rings. The summed E-state index contributed by atoms with van der Waals surface area (Å²) in [6.45, 7) is 5.14. The molecule has 1 aromatic rings. The van der Waals surface area contributed by atoms with Gasteiger partial charge in [0, 0.05) is 5.54 Å². The summed E-state index contributed by atoms with van der Waals surface area (Å²) in [5.74, 6) is -1.91. The molecular formula is C11H16FNO2. The lowest BCUT2D eigenvalue weighted by atomic mass is 9.94. The van der Waals surface area contributed by atoms with Gasteiger partial charge in [-0.3, -0.25) is 0 Å². The number of benzene rings is 1. The van der Waals surface area contributed by atoms with E-state index in [-0.39, 0.29) is 0 Å². The molecule has 15 heavy (non-hydrogen) atoms. The maximum atomic E-state index is 13.5. The van der Waals surface area contributed by atoms with E-state index in [9.17, 15) is 14.6 Å². The summed E-state index contributed by atoms with van der Waals surface area (Å²) < 4.78 is 13.5. The van der Waals surface area contributed by atoms with Crippen LogP contribution in [0.4, 0.5) is 4.39 Å². The summed E-state index contributed by atoms with van der Waals surface area (Å²) >= 11 is 0. The first-order chi connectivity index (χ1) is 6.72. The Bertz CT molecular complexity index is 383. The lowest BCUT2D eigenvalue weighted by molar-refractivity contribution is 0.371. The van der Waals surface area contributed by atoms with Crippen molar-refractivity contribution in [2.75, 3.05) is 0 Å². The van der Waals surface area contributed by atoms with Gasteiger partial charge in [0.05, 0.1) is 0 Å². The van der Waals surface area contributed by atoms with Crippen LogP contribution in [0.2, 0.25) is 0 Å². The summed E-state index contributed by atoms with van der Waals surface area (Å²) in [6, 6.07) is 1.50. The number of nitrogens with two attached hydrogens (primary N) is 1. The molecular weight excluding hydrogens is 197 g/mol. The van der Waals surface area contributed by atoms with E-state index in [0.717, 1.165) is 0 Å². The van der Waals surface area contributed by atoms with Gasteiger partial charge < -0.3 is 15.9 Å². The number of phenols is 2. The molecule has 0 amide bonds. The van der Waals surface area contributed by atoms with Gasteiger partial charge in [-0.15, -0.1) is 0 Å². The Hall–Kier alpha value is -1.29. The number of aryl methyl sites for hydroxylation is 1. The van der Waals surface area contributed by atoms with Crippen molar-refractivity contribution in [1.82, 2.24) is 0 Å². The highest BCUT2D eigenvalue weighted by atomic mass is 19.1. The van der Waals surface area contributed by atoms with Crippen LogP contribution in [0.5, 0.6) is 11.5 Å². The second kappa shape index (κ2) is 3.70. The molecule has 0 aromatic heterocycles. The standard InChI is InChI=1S/C11H16FNO2/c1-6-4-7(5-11(2,3)13)8(12)10(15)9(6)14/h4,14-15H,5,13H2,1-3H3. The fourth-order valence-electron chi connectivity index (χ4n) is 1.46. The van der Waals surface area contributed by atoms with E-state index in [0.29, 0.717) is 17.5 Å². The van der Waals surface area contributed by atoms with Crippen molar-refractivity contribution in [3.63, 3.8) is 0 Å². The van der Waals surface area contributed by atoms with E-state index in [2.05, 4.69) is 0 Å². The van der Waals surface area contributed by atoms with Gasteiger partial charge in [0.15, 0.2) is 17.3 Å². The molecule has 4 N–H and O–H groups in total. The Morgan fingerprint density at radius 3 is 2.33 bits per heavy atom. The average molecular weight is 213 g/mol. The maximum Gasteiger partial charge on any atom is 0.194 e. The quantitative estimate of drug-likeness (QED) is 0.656. The summed E-state index contributed by atoms with van der Waals surface area (Å²) in [6.07, 6.45) is 0.299. The van der Waals surface area contributed by atoms with Gasteiger partial charge in [-0.05, 0) is 44.4 Å². The molecule has 0 aliphatic carbocycles. The minimum absolute atomic E-state index is 0.299. The fourth-order valence-corrected chi connectivity index (χ4v) is 1.46. The normalized spacial score (nSPS) is 11.8. The molecule has 0 radical (unpaired) electrons. The molecule has 0 saturated heterocycles. The first-order valence-electron chi connectivity index (χ1n) is 4.71. The third-order valence-electron chi connectivity index (χ3n) is 2.12. The summed E-state index contributed by atoms with van der Waals surface area (Å²) in [5.41, 5.74) is 5.96. The van der Waals surface area contributed by atoms with E-state index in [4.69, 9.17) is 5.73 Å². The molecule has 0 saturated carbocycles. The monoisotopic (exact) mass is 213 g/mol. The van der Waals surface area contributed by atoms with Crippen LogP contribution in [0.1, 0.15) is 25.0 Å². The predicted octanol–water partition coefficient (Wildman–Crippen LogP) is 1.83. The van der Waals surface area contributed by atoms with Gasteiger partial charge >= 0.3 is 0 Å². The maximum absolute atomic E-state index is 13.5. The Morgan fingerprint density at radius 1 is 1.33 bits per heavy atom. The zero-order chi connectivity index (χ0) is 11.8. The number of hydrogen-bond acceptors (Lipinski definition) is 3. The smallest absolute Gasteiger partial charge is 0.194 e. The molecule has 0 bridgehead atoms. The van der Waals surface area contributed by atoms with Crippen LogP contribution in [0.3, 0.4) is 0 Å². The van der Waals surface area contributed by atoms with Crippen molar-refractivity contribution in [1.29, 1.82) is 0 Å². The average Bonchev–Trinajstić information content (AvgIpc) is 2.08. The number of aromatic hydroxyl groups is 2. The highest BCUT2D eigenvalue weighted by molar-refractivity contribution is 5.48. The van der Waals surface area contributed by atoms with E-state index in [1.54, 1.807) is 20.8 Å². The SMILES string of the molecule is Cc1cc(CC(C)(C)N)c(F)c(O)c1O. The van der Waals surface area contributed by atoms with Gasteiger partial charge in [-0.1, -0.05) is 0 Å². The third-order valence-corrected chi connectivity index (χ3v) is 2.12. The molecule has 0 atom stereocenters. The number of hydrogen-bond donors (Lipinski definition) is 3. The Kier molecular flexibility index (Phi) is 2.90. The fraction of sp³-hybridized carbons (Fsp3) is 0.455. The summed E-state index contributed by atoms with van der Waals surface area (Å²) in [4.78, 5) is 0. The lowest BCUT2D eigenvalue weighted by Crippen LogP contribution is -2.34. The van der Waals surface area contributed by atoms with Gasteiger partial charge in [-0.25, -0.2) is 4.39 Å². The second-order valence-electron chi connectivity index (χ2n) is 4.53. The molecule has 0 unspecified atom stereocenters. The Morgan fingerprint density at radius 2 is 1.87 bits per heavy atom. The van der Waals surface area contributed by atoms with Crippen LogP contribution < -0.4 is 5.73 Å². The zero-order valence-electron chi connectivity index (χ0n) is 9.13. The van der Waals surface area contributed by atoms with Crippen LogP contribution >= 0.6 is 0 Å². The van der Waals surface area contributed by atoms with E-state index >= 15 is 0 Å². The molecule has 84 valence electrons. The molecule has 0 fully saturated rings. The van der Waals surface area contributed by atoms with E-state index in [1.165, 1.54) is 6.07 Å². The topological polar surface area (TPSA) is 66.5 Å². The van der Waals surface area contributed by atoms with Gasteiger partial charge in [0.25, 0.3) is 0 Å². The lowest BCUT2D eigenvalue weighted by Gasteiger charge is -2.19. The third kappa shape index (κ3) is 2.59. The van der Waals surface area contributed by atoms with E-state index < -0.39 is 22.9 Å². The van der Waals surface area contributed by atoms with Crippen molar-refractivity contribution in [2.45, 2.75) is 32.7 Å². The van der Waals surface area contributed by atoms with Crippen LogP contribution in [-0.2, 0) is 6.42 Å². The van der Waals surface area contributed by atoms with Crippen molar-refractivity contribution in [3.05, 3.63) is 23.0 Å². The van der Waals surface area contributed by atoms with Crippen molar-refractivity contribution in [3.8, 4) is 11.5 Å². The largest absolute Gasteiger partial charge is 0.504 e. The predicted molar refractivity (Wildman–Crippen MR) is 56.4 cm³/mol. The summed E-state index contributed by atoms with van der Waals surface area (Å²) in [7, 11) is 0. The molecule has 1 rings (SSSR count). The molecule has 4 heteroatoms. The van der Waals surface area contributed by atoms with Gasteiger partial charge in [0.1, 0.15) is 0 Å². The first-order valence-corrected chi connectivity index (χ1v) is 4.71. The zero-order valence-corrected chi connectivity index (χ0v) is 9.13. The van der Waals surface area contributed by atoms with Crippen LogP contribution in [0.15, 0.2) is 6.07 Å². The van der Waals surface area contributed by atoms with Gasteiger partial charge in [-0.2, -0.15) is 0 Å². The highest BCUT2D eigenvalue weighted by Gasteiger charge is 2.20. The van der Waals surface area contributed by atoms with Crippen molar-refractivity contribution >= 4 is 0 Å². The number of halogens is 1. The number of phenolic OH excluding ortho intramolecular Hbond substituents is 2. The minimum Gasteiger partial charge on any atom is -0.504 e. The Labute approximate surface area is 88.4 Å². The molecule has 0 spiro atoms. The Balaban J connectivity index is 3.21. The van der Waals surface area contributed by atoms with Crippen molar-refractivity contribution in [2.24, 2.45) is 5.73 Å². The van der Waals surface area contributed by atoms with E-state index in [1.807, 2.05) is 0 Å².